The molecule has 1 saturated heterocycles. The molecule has 1 N–H and O–H groups in total. The maximum atomic E-state index is 12.0. The number of nitrogens with zero attached hydrogens (tertiary/aromatic N) is 1. The average molecular weight is 357 g/mol. The van der Waals surface area contributed by atoms with Crippen LogP contribution in [0.5, 0.6) is 11.5 Å². The molecule has 0 unspecified atom stereocenters. The van der Waals surface area contributed by atoms with Crippen molar-refractivity contribution in [2.24, 2.45) is 0 Å². The zero-order chi connectivity index (χ0) is 15.2. The molecule has 0 atom stereocenters. The molecule has 1 aliphatic rings. The average Bonchev–Trinajstić information content (AvgIpc) is 3.00. The quantitative estimate of drug-likeness (QED) is 0.848. The van der Waals surface area contributed by atoms with Gasteiger partial charge in [0, 0.05) is 19.6 Å². The Morgan fingerprint density at radius 2 is 2.10 bits per heavy atom. The molecule has 6 heteroatoms. The Morgan fingerprint density at radius 3 is 2.71 bits per heavy atom. The molecule has 1 fully saturated rings. The number of ether oxygens (including phenoxy) is 2. The first kappa shape index (κ1) is 16.1. The summed E-state index contributed by atoms with van der Waals surface area (Å²) in [5.74, 6) is 1.23. The number of methoxy groups -OCH3 is 1. The highest BCUT2D eigenvalue weighted by atomic mass is 79.9. The van der Waals surface area contributed by atoms with Gasteiger partial charge >= 0.3 is 0 Å². The van der Waals surface area contributed by atoms with Crippen LogP contribution in [-0.2, 0) is 11.3 Å². The molecule has 0 aromatic heterocycles. The molecule has 5 nitrogen and oxygen atoms in total. The summed E-state index contributed by atoms with van der Waals surface area (Å²) in [6.45, 7) is 2.45. The Labute approximate surface area is 133 Å². The second kappa shape index (κ2) is 7.66. The Kier molecular flexibility index (Phi) is 5.87. The van der Waals surface area contributed by atoms with E-state index in [1.165, 1.54) is 0 Å². The minimum absolute atomic E-state index is 0.0285. The minimum atomic E-state index is 0.0285. The number of hydrogen-bond acceptors (Lipinski definition) is 4. The van der Waals surface area contributed by atoms with Gasteiger partial charge in [0.15, 0.2) is 18.1 Å². The summed E-state index contributed by atoms with van der Waals surface area (Å²) >= 11 is 3.48. The van der Waals surface area contributed by atoms with Gasteiger partial charge in [-0.2, -0.15) is 0 Å². The molecule has 2 rings (SSSR count). The lowest BCUT2D eigenvalue weighted by atomic mass is 10.2. The number of amides is 1. The molecule has 0 spiro atoms. The summed E-state index contributed by atoms with van der Waals surface area (Å²) in [7, 11) is 3.49. The highest BCUT2D eigenvalue weighted by Crippen LogP contribution is 2.36. The normalized spacial score (nSPS) is 14.3. The van der Waals surface area contributed by atoms with Crippen molar-refractivity contribution in [3.8, 4) is 11.5 Å². The monoisotopic (exact) mass is 356 g/mol. The fraction of sp³-hybridized carbons (Fsp3) is 0.533. The standard InChI is InChI=1S/C15H21BrN2O3/c1-17-9-11-7-12(16)15(13(8-11)20-2)21-10-14(19)18-5-3-4-6-18/h7-8,17H,3-6,9-10H2,1-2H3. The fourth-order valence-corrected chi connectivity index (χ4v) is 3.02. The van der Waals surface area contributed by atoms with Crippen LogP contribution in [0.4, 0.5) is 0 Å². The van der Waals surface area contributed by atoms with Gasteiger partial charge in [-0.05, 0) is 53.5 Å². The van der Waals surface area contributed by atoms with E-state index in [1.807, 2.05) is 24.1 Å². The van der Waals surface area contributed by atoms with Crippen molar-refractivity contribution in [3.05, 3.63) is 22.2 Å². The summed E-state index contributed by atoms with van der Waals surface area (Å²) in [6.07, 6.45) is 2.16. The van der Waals surface area contributed by atoms with Crippen molar-refractivity contribution in [2.45, 2.75) is 19.4 Å². The number of carbonyl (C=O) groups excluding carboxylic acids is 1. The number of rotatable bonds is 6. The van der Waals surface area contributed by atoms with Crippen molar-refractivity contribution >= 4 is 21.8 Å². The fourth-order valence-electron chi connectivity index (χ4n) is 2.41. The third-order valence-electron chi connectivity index (χ3n) is 3.47. The van der Waals surface area contributed by atoms with E-state index >= 15 is 0 Å². The summed E-state index contributed by atoms with van der Waals surface area (Å²) in [5.41, 5.74) is 1.08. The first-order chi connectivity index (χ1) is 10.2. The van der Waals surface area contributed by atoms with E-state index < -0.39 is 0 Å². The molecule has 0 radical (unpaired) electrons. The Balaban J connectivity index is 2.06. The van der Waals surface area contributed by atoms with E-state index in [0.717, 1.165) is 42.5 Å². The van der Waals surface area contributed by atoms with E-state index in [1.54, 1.807) is 7.11 Å². The molecule has 0 saturated carbocycles. The summed E-state index contributed by atoms with van der Waals surface area (Å²) in [4.78, 5) is 13.9. The molecule has 1 aromatic carbocycles. The molecular weight excluding hydrogens is 336 g/mol. The lowest BCUT2D eigenvalue weighted by molar-refractivity contribution is -0.132. The van der Waals surface area contributed by atoms with Crippen LogP contribution in [0, 0.1) is 0 Å². The lowest BCUT2D eigenvalue weighted by Crippen LogP contribution is -2.32. The summed E-state index contributed by atoms with van der Waals surface area (Å²) < 4.78 is 11.8. The van der Waals surface area contributed by atoms with Gasteiger partial charge in [0.2, 0.25) is 0 Å². The van der Waals surface area contributed by atoms with Crippen LogP contribution in [0.1, 0.15) is 18.4 Å². The third-order valence-corrected chi connectivity index (χ3v) is 4.06. The topological polar surface area (TPSA) is 50.8 Å². The van der Waals surface area contributed by atoms with Crippen molar-refractivity contribution in [1.29, 1.82) is 0 Å². The van der Waals surface area contributed by atoms with Crippen LogP contribution < -0.4 is 14.8 Å². The zero-order valence-electron chi connectivity index (χ0n) is 12.4. The van der Waals surface area contributed by atoms with E-state index in [-0.39, 0.29) is 12.5 Å². The van der Waals surface area contributed by atoms with Gasteiger partial charge in [-0.25, -0.2) is 0 Å². The largest absolute Gasteiger partial charge is 0.493 e. The van der Waals surface area contributed by atoms with Crippen LogP contribution in [0.2, 0.25) is 0 Å². The van der Waals surface area contributed by atoms with Crippen molar-refractivity contribution in [2.75, 3.05) is 33.9 Å². The molecule has 0 bridgehead atoms. The number of nitrogens with one attached hydrogen (secondary N) is 1. The minimum Gasteiger partial charge on any atom is -0.493 e. The van der Waals surface area contributed by atoms with Gasteiger partial charge < -0.3 is 19.7 Å². The van der Waals surface area contributed by atoms with Gasteiger partial charge in [0.1, 0.15) is 0 Å². The molecule has 1 aromatic rings. The van der Waals surface area contributed by atoms with E-state index in [0.29, 0.717) is 11.5 Å². The van der Waals surface area contributed by atoms with E-state index in [4.69, 9.17) is 9.47 Å². The van der Waals surface area contributed by atoms with Crippen LogP contribution in [0.15, 0.2) is 16.6 Å². The third kappa shape index (κ3) is 4.11. The maximum absolute atomic E-state index is 12.0. The number of benzene rings is 1. The van der Waals surface area contributed by atoms with Crippen LogP contribution in [0.3, 0.4) is 0 Å². The second-order valence-electron chi connectivity index (χ2n) is 5.02. The molecule has 116 valence electrons. The number of carbonyl (C=O) groups is 1. The van der Waals surface area contributed by atoms with E-state index in [2.05, 4.69) is 21.2 Å². The van der Waals surface area contributed by atoms with Crippen LogP contribution in [-0.4, -0.2) is 44.7 Å². The first-order valence-corrected chi connectivity index (χ1v) is 7.86. The molecule has 21 heavy (non-hydrogen) atoms. The Bertz CT molecular complexity index is 502. The van der Waals surface area contributed by atoms with Gasteiger partial charge in [0.05, 0.1) is 11.6 Å². The first-order valence-electron chi connectivity index (χ1n) is 7.07. The van der Waals surface area contributed by atoms with Gasteiger partial charge in [-0.1, -0.05) is 0 Å². The smallest absolute Gasteiger partial charge is 0.260 e. The number of halogens is 1. The zero-order valence-corrected chi connectivity index (χ0v) is 14.0. The van der Waals surface area contributed by atoms with E-state index in [9.17, 15) is 4.79 Å². The Morgan fingerprint density at radius 1 is 1.38 bits per heavy atom. The van der Waals surface area contributed by atoms with Crippen LogP contribution >= 0.6 is 15.9 Å². The second-order valence-corrected chi connectivity index (χ2v) is 5.87. The van der Waals surface area contributed by atoms with Crippen molar-refractivity contribution in [3.63, 3.8) is 0 Å². The van der Waals surface area contributed by atoms with Crippen molar-refractivity contribution in [1.82, 2.24) is 10.2 Å². The number of likely N-dealkylation sites (tertiary alicyclic amines) is 1. The van der Waals surface area contributed by atoms with Crippen LogP contribution in [0.25, 0.3) is 0 Å². The summed E-state index contributed by atoms with van der Waals surface area (Å²) in [6, 6.07) is 3.88. The van der Waals surface area contributed by atoms with Gasteiger partial charge in [-0.3, -0.25) is 4.79 Å². The molecular formula is C15H21BrN2O3. The highest BCUT2D eigenvalue weighted by molar-refractivity contribution is 9.10. The predicted octanol–water partition coefficient (Wildman–Crippen LogP) is 2.18. The predicted molar refractivity (Wildman–Crippen MR) is 84.8 cm³/mol. The SMILES string of the molecule is CNCc1cc(Br)c(OCC(=O)N2CCCC2)c(OC)c1. The molecule has 0 aliphatic carbocycles. The molecule has 1 heterocycles. The lowest BCUT2D eigenvalue weighted by Gasteiger charge is -2.18. The maximum Gasteiger partial charge on any atom is 0.260 e. The molecule has 1 aliphatic heterocycles. The van der Waals surface area contributed by atoms with Crippen molar-refractivity contribution < 1.29 is 14.3 Å². The van der Waals surface area contributed by atoms with Gasteiger partial charge in [-0.15, -0.1) is 0 Å². The van der Waals surface area contributed by atoms with Gasteiger partial charge in [0.25, 0.3) is 5.91 Å². The Hall–Kier alpha value is -1.27. The number of hydrogen-bond donors (Lipinski definition) is 1. The highest BCUT2D eigenvalue weighted by Gasteiger charge is 2.20. The summed E-state index contributed by atoms with van der Waals surface area (Å²) in [5, 5.41) is 3.09. The molecule has 1 amide bonds.